The van der Waals surface area contributed by atoms with Gasteiger partial charge in [0.25, 0.3) is 0 Å². The minimum absolute atomic E-state index is 0.0117. The van der Waals surface area contributed by atoms with Gasteiger partial charge in [0.15, 0.2) is 0 Å². The quantitative estimate of drug-likeness (QED) is 0.622. The van der Waals surface area contributed by atoms with E-state index < -0.39 is 0 Å². The van der Waals surface area contributed by atoms with Crippen molar-refractivity contribution in [2.45, 2.75) is 37.8 Å². The Kier molecular flexibility index (Phi) is 6.49. The van der Waals surface area contributed by atoms with Gasteiger partial charge in [0.1, 0.15) is 12.4 Å². The Morgan fingerprint density at radius 3 is 2.64 bits per heavy atom. The van der Waals surface area contributed by atoms with Crippen molar-refractivity contribution in [1.82, 2.24) is 9.80 Å². The molecule has 33 heavy (non-hydrogen) atoms. The van der Waals surface area contributed by atoms with Crippen LogP contribution in [0.2, 0.25) is 0 Å². The Bertz CT molecular complexity index is 993. The lowest BCUT2D eigenvalue weighted by Gasteiger charge is -2.36. The van der Waals surface area contributed by atoms with Crippen LogP contribution in [0.25, 0.3) is 0 Å². The first-order valence-corrected chi connectivity index (χ1v) is 12.0. The van der Waals surface area contributed by atoms with Crippen LogP contribution in [-0.4, -0.2) is 61.8 Å². The Balaban J connectivity index is 1.26. The van der Waals surface area contributed by atoms with Gasteiger partial charge in [-0.2, -0.15) is 0 Å². The molecule has 3 aliphatic rings. The van der Waals surface area contributed by atoms with Gasteiger partial charge < -0.3 is 14.5 Å². The third-order valence-corrected chi connectivity index (χ3v) is 7.36. The molecule has 0 unspecified atom stereocenters. The van der Waals surface area contributed by atoms with Gasteiger partial charge in [-0.05, 0) is 54.5 Å². The summed E-state index contributed by atoms with van der Waals surface area (Å²) < 4.78 is 31.9. The fourth-order valence-corrected chi connectivity index (χ4v) is 5.53. The topological polar surface area (TPSA) is 36.0 Å². The van der Waals surface area contributed by atoms with Crippen molar-refractivity contribution in [3.8, 4) is 0 Å². The summed E-state index contributed by atoms with van der Waals surface area (Å²) in [7, 11) is 0. The first kappa shape index (κ1) is 22.1. The van der Waals surface area contributed by atoms with Crippen molar-refractivity contribution in [2.75, 3.05) is 50.8 Å². The summed E-state index contributed by atoms with van der Waals surface area (Å²) in [5.74, 6) is 0.122. The zero-order valence-corrected chi connectivity index (χ0v) is 18.9. The first-order chi connectivity index (χ1) is 16.1. The van der Waals surface area contributed by atoms with Crippen LogP contribution < -0.4 is 4.90 Å². The maximum Gasteiger partial charge on any atom is 0.410 e. The molecular formula is C26H31F2N3O2. The predicted molar refractivity (Wildman–Crippen MR) is 124 cm³/mol. The van der Waals surface area contributed by atoms with Gasteiger partial charge in [-0.25, -0.2) is 9.18 Å². The number of fused-ring (bicyclic) bond motifs is 5. The third kappa shape index (κ3) is 4.56. The summed E-state index contributed by atoms with van der Waals surface area (Å²) in [6, 6.07) is 13.1. The molecular weight excluding hydrogens is 424 g/mol. The molecule has 2 fully saturated rings. The van der Waals surface area contributed by atoms with E-state index in [-0.39, 0.29) is 31.2 Å². The highest BCUT2D eigenvalue weighted by Gasteiger charge is 2.41. The summed E-state index contributed by atoms with van der Waals surface area (Å²) in [6.45, 7) is 4.89. The summed E-state index contributed by atoms with van der Waals surface area (Å²) in [5, 5.41) is 0. The van der Waals surface area contributed by atoms with E-state index in [0.29, 0.717) is 24.4 Å². The summed E-state index contributed by atoms with van der Waals surface area (Å²) in [5.41, 5.74) is 4.14. The Hall–Kier alpha value is -2.67. The number of benzene rings is 2. The number of hydrogen-bond acceptors (Lipinski definition) is 4. The molecule has 1 aliphatic carbocycles. The molecule has 2 saturated heterocycles. The molecule has 0 radical (unpaired) electrons. The molecule has 5 rings (SSSR count). The number of alkyl halides is 1. The molecule has 2 aromatic rings. The molecule has 7 heteroatoms. The lowest BCUT2D eigenvalue weighted by molar-refractivity contribution is 0.0688. The van der Waals surface area contributed by atoms with Crippen molar-refractivity contribution in [1.29, 1.82) is 0 Å². The van der Waals surface area contributed by atoms with Crippen LogP contribution in [0, 0.1) is 5.82 Å². The maximum atomic E-state index is 13.9. The maximum absolute atomic E-state index is 13.9. The number of carbonyl (C=O) groups excluding carboxylic acids is 1. The van der Waals surface area contributed by atoms with Crippen molar-refractivity contribution >= 4 is 11.8 Å². The molecule has 1 amide bonds. The molecule has 2 aliphatic heterocycles. The van der Waals surface area contributed by atoms with Crippen molar-refractivity contribution in [3.63, 3.8) is 0 Å². The highest BCUT2D eigenvalue weighted by molar-refractivity contribution is 5.70. The molecule has 0 N–H and O–H groups in total. The molecule has 0 spiro atoms. The fourth-order valence-electron chi connectivity index (χ4n) is 5.53. The normalized spacial score (nSPS) is 22.4. The number of hydrogen-bond donors (Lipinski definition) is 0. The van der Waals surface area contributed by atoms with Crippen molar-refractivity contribution < 1.29 is 18.3 Å². The number of ether oxygens (including phenoxy) is 1. The van der Waals surface area contributed by atoms with Crippen LogP contribution in [0.5, 0.6) is 0 Å². The number of rotatable bonds is 6. The number of carbonyl (C=O) groups is 1. The number of piperidine rings is 1. The summed E-state index contributed by atoms with van der Waals surface area (Å²) in [4.78, 5) is 19.5. The van der Waals surface area contributed by atoms with Gasteiger partial charge in [0, 0.05) is 50.5 Å². The van der Waals surface area contributed by atoms with E-state index in [0.717, 1.165) is 45.6 Å². The van der Waals surface area contributed by atoms with Gasteiger partial charge in [0.05, 0.1) is 12.7 Å². The zero-order valence-electron chi connectivity index (χ0n) is 18.9. The van der Waals surface area contributed by atoms with Crippen molar-refractivity contribution in [3.05, 3.63) is 65.0 Å². The minimum atomic E-state index is -0.374. The van der Waals surface area contributed by atoms with E-state index in [1.54, 1.807) is 18.2 Å². The smallest absolute Gasteiger partial charge is 0.410 e. The average molecular weight is 456 g/mol. The van der Waals surface area contributed by atoms with Crippen molar-refractivity contribution in [2.24, 2.45) is 0 Å². The second kappa shape index (κ2) is 9.67. The number of halogens is 2. The minimum Gasteiger partial charge on any atom is -0.444 e. The SMILES string of the molecule is O=C(OCc1ccccc1F)N1CC[C@@H]2C[C@H]1c1cc(N3CCN(CCCF)CC3)ccc12. The predicted octanol–water partition coefficient (Wildman–Crippen LogP) is 4.88. The van der Waals surface area contributed by atoms with Gasteiger partial charge >= 0.3 is 6.09 Å². The number of nitrogens with zero attached hydrogens (tertiary/aromatic N) is 3. The monoisotopic (exact) mass is 455 g/mol. The molecule has 2 bridgehead atoms. The second-order valence-electron chi connectivity index (χ2n) is 9.26. The zero-order chi connectivity index (χ0) is 22.8. The molecule has 2 atom stereocenters. The Labute approximate surface area is 193 Å². The highest BCUT2D eigenvalue weighted by atomic mass is 19.1. The van der Waals surface area contributed by atoms with Gasteiger partial charge in [0.2, 0.25) is 0 Å². The molecule has 176 valence electrons. The van der Waals surface area contributed by atoms with E-state index in [1.165, 1.54) is 22.9 Å². The second-order valence-corrected chi connectivity index (χ2v) is 9.26. The molecule has 0 aromatic heterocycles. The summed E-state index contributed by atoms with van der Waals surface area (Å²) >= 11 is 0. The van der Waals surface area contributed by atoms with E-state index in [9.17, 15) is 13.6 Å². The lowest BCUT2D eigenvalue weighted by Crippen LogP contribution is -2.46. The molecule has 2 aromatic carbocycles. The Morgan fingerprint density at radius 2 is 1.85 bits per heavy atom. The van der Waals surface area contributed by atoms with Crippen LogP contribution >= 0.6 is 0 Å². The van der Waals surface area contributed by atoms with Crippen LogP contribution in [0.1, 0.15) is 47.9 Å². The molecule has 2 heterocycles. The highest BCUT2D eigenvalue weighted by Crippen LogP contribution is 2.50. The fraction of sp³-hybridized carbons (Fsp3) is 0.500. The van der Waals surface area contributed by atoms with Gasteiger partial charge in [-0.15, -0.1) is 0 Å². The standard InChI is InChI=1S/C26H31F2N3O2/c27-9-3-10-29-12-14-30(15-13-29)21-6-7-22-19-8-11-31(25(16-19)23(22)17-21)26(32)33-18-20-4-1-2-5-24(20)28/h1-2,4-7,17,19,25H,3,8-16,18H2/t19-,25+/m1/s1. The largest absolute Gasteiger partial charge is 0.444 e. The van der Waals surface area contributed by atoms with E-state index in [2.05, 4.69) is 28.0 Å². The van der Waals surface area contributed by atoms with E-state index in [4.69, 9.17) is 4.74 Å². The lowest BCUT2D eigenvalue weighted by atomic mass is 9.96. The number of amides is 1. The Morgan fingerprint density at radius 1 is 1.03 bits per heavy atom. The van der Waals surface area contributed by atoms with E-state index >= 15 is 0 Å². The number of anilines is 1. The number of likely N-dealkylation sites (tertiary alicyclic amines) is 1. The molecule has 0 saturated carbocycles. The summed E-state index contributed by atoms with van der Waals surface area (Å²) in [6.07, 6.45) is 2.07. The van der Waals surface area contributed by atoms with Crippen LogP contribution in [0.15, 0.2) is 42.5 Å². The van der Waals surface area contributed by atoms with Crippen LogP contribution in [-0.2, 0) is 11.3 Å². The van der Waals surface area contributed by atoms with Gasteiger partial charge in [-0.3, -0.25) is 9.29 Å². The van der Waals surface area contributed by atoms with E-state index in [1.807, 2.05) is 4.90 Å². The third-order valence-electron chi connectivity index (χ3n) is 7.36. The average Bonchev–Trinajstić information content (AvgIpc) is 3.13. The van der Waals surface area contributed by atoms with Crippen LogP contribution in [0.3, 0.4) is 0 Å². The first-order valence-electron chi connectivity index (χ1n) is 12.0. The van der Waals surface area contributed by atoms with Gasteiger partial charge in [-0.1, -0.05) is 24.3 Å². The van der Waals surface area contributed by atoms with Crippen LogP contribution in [0.4, 0.5) is 19.3 Å². The number of piperazine rings is 1. The molecule has 5 nitrogen and oxygen atoms in total.